The second-order valence-electron chi connectivity index (χ2n) is 7.06. The molecule has 2 fully saturated rings. The zero-order valence-corrected chi connectivity index (χ0v) is 17.3. The number of piperazine rings is 1. The van der Waals surface area contributed by atoms with E-state index in [1.54, 1.807) is 0 Å². The average molecular weight is 380 g/mol. The van der Waals surface area contributed by atoms with Crippen molar-refractivity contribution in [3.63, 3.8) is 0 Å². The molecular weight excluding hydrogens is 346 g/mol. The molecule has 0 saturated carbocycles. The van der Waals surface area contributed by atoms with Gasteiger partial charge >= 0.3 is 0 Å². The summed E-state index contributed by atoms with van der Waals surface area (Å²) in [4.78, 5) is 16.9. The van der Waals surface area contributed by atoms with E-state index in [0.29, 0.717) is 5.92 Å². The highest BCUT2D eigenvalue weighted by molar-refractivity contribution is 7.09. The maximum atomic E-state index is 4.96. The van der Waals surface area contributed by atoms with Crippen molar-refractivity contribution >= 4 is 22.6 Å². The number of rotatable bonds is 6. The van der Waals surface area contributed by atoms with Gasteiger partial charge in [0.2, 0.25) is 5.13 Å². The van der Waals surface area contributed by atoms with Crippen LogP contribution in [-0.4, -0.2) is 84.0 Å². The molecule has 146 valence electrons. The van der Waals surface area contributed by atoms with Gasteiger partial charge in [-0.3, -0.25) is 4.99 Å². The molecule has 3 heterocycles. The first-order chi connectivity index (χ1) is 12.7. The highest BCUT2D eigenvalue weighted by atomic mass is 32.1. The van der Waals surface area contributed by atoms with Gasteiger partial charge in [0.25, 0.3) is 0 Å². The molecule has 1 N–H and O–H groups in total. The molecule has 0 aromatic carbocycles. The van der Waals surface area contributed by atoms with E-state index in [4.69, 9.17) is 4.99 Å². The highest BCUT2D eigenvalue weighted by Crippen LogP contribution is 2.20. The Bertz CT molecular complexity index is 580. The summed E-state index contributed by atoms with van der Waals surface area (Å²) in [5.41, 5.74) is 0. The van der Waals surface area contributed by atoms with E-state index in [0.717, 1.165) is 69.1 Å². The first-order valence-electron chi connectivity index (χ1n) is 10.1. The van der Waals surface area contributed by atoms with Crippen LogP contribution in [0.4, 0.5) is 5.13 Å². The Morgan fingerprint density at radius 2 is 2.00 bits per heavy atom. The van der Waals surface area contributed by atoms with Crippen molar-refractivity contribution in [2.24, 2.45) is 10.9 Å². The number of hydrogen-bond acceptors (Lipinski definition) is 6. The molecule has 7 nitrogen and oxygen atoms in total. The van der Waals surface area contributed by atoms with Gasteiger partial charge in [-0.15, -0.1) is 0 Å². The molecule has 26 heavy (non-hydrogen) atoms. The number of nitrogens with zero attached hydrogens (tertiary/aromatic N) is 6. The van der Waals surface area contributed by atoms with Crippen LogP contribution in [0.2, 0.25) is 0 Å². The maximum absolute atomic E-state index is 4.96. The van der Waals surface area contributed by atoms with Crippen LogP contribution in [0.1, 0.15) is 33.0 Å². The summed E-state index contributed by atoms with van der Waals surface area (Å²) in [7, 11) is 0. The predicted molar refractivity (Wildman–Crippen MR) is 109 cm³/mol. The van der Waals surface area contributed by atoms with E-state index in [-0.39, 0.29) is 0 Å². The van der Waals surface area contributed by atoms with E-state index in [2.05, 4.69) is 50.1 Å². The fourth-order valence-electron chi connectivity index (χ4n) is 3.62. The SMILES string of the molecule is CCNC(=NCC1CCN(CC)C1)N1CCN(c2nc(CC)ns2)CC1. The summed E-state index contributed by atoms with van der Waals surface area (Å²) in [6.07, 6.45) is 2.19. The second kappa shape index (κ2) is 9.50. The molecule has 2 aliphatic heterocycles. The van der Waals surface area contributed by atoms with Crippen molar-refractivity contribution in [2.75, 3.05) is 63.8 Å². The van der Waals surface area contributed by atoms with Gasteiger partial charge in [0.05, 0.1) is 0 Å². The Morgan fingerprint density at radius 3 is 2.62 bits per heavy atom. The number of nitrogens with one attached hydrogen (secondary N) is 1. The minimum absolute atomic E-state index is 0.707. The number of aryl methyl sites for hydroxylation is 1. The number of aliphatic imine (C=N–C) groups is 1. The third kappa shape index (κ3) is 4.85. The van der Waals surface area contributed by atoms with Crippen molar-refractivity contribution < 1.29 is 0 Å². The smallest absolute Gasteiger partial charge is 0.205 e. The molecule has 1 unspecified atom stereocenters. The first kappa shape index (κ1) is 19.4. The van der Waals surface area contributed by atoms with Crippen LogP contribution < -0.4 is 10.2 Å². The molecule has 0 bridgehead atoms. The molecule has 3 rings (SSSR count). The largest absolute Gasteiger partial charge is 0.357 e. The van der Waals surface area contributed by atoms with Crippen LogP contribution in [0.5, 0.6) is 0 Å². The molecule has 1 atom stereocenters. The number of guanidine groups is 1. The lowest BCUT2D eigenvalue weighted by molar-refractivity contribution is 0.342. The van der Waals surface area contributed by atoms with Gasteiger partial charge < -0.3 is 20.0 Å². The van der Waals surface area contributed by atoms with Crippen LogP contribution in [0, 0.1) is 5.92 Å². The monoisotopic (exact) mass is 379 g/mol. The molecule has 1 aromatic rings. The van der Waals surface area contributed by atoms with Crippen LogP contribution >= 0.6 is 11.5 Å². The Kier molecular flexibility index (Phi) is 7.07. The van der Waals surface area contributed by atoms with Crippen LogP contribution in [-0.2, 0) is 6.42 Å². The second-order valence-corrected chi connectivity index (χ2v) is 7.79. The fourth-order valence-corrected chi connectivity index (χ4v) is 4.42. The van der Waals surface area contributed by atoms with E-state index < -0.39 is 0 Å². The summed E-state index contributed by atoms with van der Waals surface area (Å²) in [5.74, 6) is 2.74. The third-order valence-electron chi connectivity index (χ3n) is 5.27. The molecule has 1 aromatic heterocycles. The first-order valence-corrected chi connectivity index (χ1v) is 10.8. The van der Waals surface area contributed by atoms with Crippen LogP contribution in [0.3, 0.4) is 0 Å². The molecule has 0 spiro atoms. The Labute approximate surface area is 161 Å². The van der Waals surface area contributed by atoms with Crippen LogP contribution in [0.15, 0.2) is 4.99 Å². The average Bonchev–Trinajstić information content (AvgIpc) is 3.34. The molecule has 2 saturated heterocycles. The lowest BCUT2D eigenvalue weighted by Gasteiger charge is -2.36. The topological polar surface area (TPSA) is 59.9 Å². The Hall–Kier alpha value is -1.41. The summed E-state index contributed by atoms with van der Waals surface area (Å²) < 4.78 is 4.42. The normalized spacial score (nSPS) is 22.3. The van der Waals surface area contributed by atoms with Gasteiger partial charge in [-0.2, -0.15) is 4.37 Å². The van der Waals surface area contributed by atoms with Crippen molar-refractivity contribution in [1.82, 2.24) is 24.5 Å². The standard InChI is InChI=1S/C18H33N7S/c1-4-16-21-18(26-22-16)25-11-9-24(10-12-25)17(19-5-2)20-13-15-7-8-23(6-3)14-15/h15H,4-14H2,1-3H3,(H,19,20). The summed E-state index contributed by atoms with van der Waals surface area (Å²) in [6, 6.07) is 0. The van der Waals surface area contributed by atoms with Crippen molar-refractivity contribution in [3.05, 3.63) is 5.82 Å². The van der Waals surface area contributed by atoms with E-state index >= 15 is 0 Å². The van der Waals surface area contributed by atoms with Gasteiger partial charge in [0.1, 0.15) is 5.82 Å². The van der Waals surface area contributed by atoms with Gasteiger partial charge in [0, 0.05) is 63.8 Å². The lowest BCUT2D eigenvalue weighted by atomic mass is 10.1. The maximum Gasteiger partial charge on any atom is 0.205 e. The third-order valence-corrected chi connectivity index (χ3v) is 6.09. The van der Waals surface area contributed by atoms with E-state index in [1.807, 2.05) is 0 Å². The molecule has 0 aliphatic carbocycles. The number of aromatic nitrogens is 2. The number of likely N-dealkylation sites (tertiary alicyclic amines) is 1. The Morgan fingerprint density at radius 1 is 1.19 bits per heavy atom. The molecule has 0 amide bonds. The van der Waals surface area contributed by atoms with Crippen molar-refractivity contribution in [1.29, 1.82) is 0 Å². The number of anilines is 1. The zero-order chi connectivity index (χ0) is 18.4. The summed E-state index contributed by atoms with van der Waals surface area (Å²) in [5, 5.41) is 4.55. The molecule has 8 heteroatoms. The minimum Gasteiger partial charge on any atom is -0.357 e. The fraction of sp³-hybridized carbons (Fsp3) is 0.833. The van der Waals surface area contributed by atoms with Crippen molar-refractivity contribution in [2.45, 2.75) is 33.6 Å². The van der Waals surface area contributed by atoms with E-state index in [1.165, 1.54) is 31.0 Å². The highest BCUT2D eigenvalue weighted by Gasteiger charge is 2.24. The van der Waals surface area contributed by atoms with Gasteiger partial charge in [0.15, 0.2) is 5.96 Å². The summed E-state index contributed by atoms with van der Waals surface area (Å²) >= 11 is 1.53. The molecular formula is C18H33N7S. The van der Waals surface area contributed by atoms with Gasteiger partial charge in [-0.05, 0) is 32.4 Å². The van der Waals surface area contributed by atoms with Gasteiger partial charge in [-0.25, -0.2) is 4.98 Å². The van der Waals surface area contributed by atoms with Gasteiger partial charge in [-0.1, -0.05) is 13.8 Å². The Balaban J connectivity index is 1.53. The molecule has 2 aliphatic rings. The summed E-state index contributed by atoms with van der Waals surface area (Å²) in [6.45, 7) is 15.9. The number of hydrogen-bond donors (Lipinski definition) is 1. The predicted octanol–water partition coefficient (Wildman–Crippen LogP) is 1.53. The molecule has 0 radical (unpaired) electrons. The van der Waals surface area contributed by atoms with Crippen LogP contribution in [0.25, 0.3) is 0 Å². The van der Waals surface area contributed by atoms with E-state index in [9.17, 15) is 0 Å². The lowest BCUT2D eigenvalue weighted by Crippen LogP contribution is -2.52. The zero-order valence-electron chi connectivity index (χ0n) is 16.4. The quantitative estimate of drug-likeness (QED) is 0.597. The minimum atomic E-state index is 0.707. The van der Waals surface area contributed by atoms with Crippen molar-refractivity contribution in [3.8, 4) is 0 Å².